The summed E-state index contributed by atoms with van der Waals surface area (Å²) in [6.45, 7) is 1.60. The monoisotopic (exact) mass is 234 g/mol. The Hall–Kier alpha value is -1.09. The Morgan fingerprint density at radius 3 is 2.76 bits per heavy atom. The second-order valence-corrected chi connectivity index (χ2v) is 4.82. The van der Waals surface area contributed by atoms with Crippen LogP contribution in [-0.2, 0) is 11.3 Å². The van der Waals surface area contributed by atoms with E-state index in [2.05, 4.69) is 16.4 Å². The van der Waals surface area contributed by atoms with Crippen molar-refractivity contribution in [3.8, 4) is 0 Å². The summed E-state index contributed by atoms with van der Waals surface area (Å²) >= 11 is 0. The zero-order chi connectivity index (χ0) is 11.9. The van der Waals surface area contributed by atoms with Crippen LogP contribution in [0.25, 0.3) is 0 Å². The molecule has 0 bridgehead atoms. The Labute approximate surface area is 104 Å². The average molecular weight is 234 g/mol. The van der Waals surface area contributed by atoms with Crippen molar-refractivity contribution in [1.29, 1.82) is 0 Å². The Morgan fingerprint density at radius 2 is 2.12 bits per heavy atom. The van der Waals surface area contributed by atoms with E-state index >= 15 is 0 Å². The number of nitrogens with zero attached hydrogens (tertiary/aromatic N) is 1. The SMILES string of the molecule is CNc1ccc(COCC2CCCCC2)cn1. The second kappa shape index (κ2) is 6.60. The first kappa shape index (κ1) is 12.4. The maximum absolute atomic E-state index is 5.77. The maximum Gasteiger partial charge on any atom is 0.125 e. The molecule has 0 aromatic carbocycles. The first-order chi connectivity index (χ1) is 8.38. The number of aromatic nitrogens is 1. The summed E-state index contributed by atoms with van der Waals surface area (Å²) in [5, 5.41) is 3.01. The van der Waals surface area contributed by atoms with Gasteiger partial charge in [0.1, 0.15) is 5.82 Å². The molecule has 17 heavy (non-hydrogen) atoms. The lowest BCUT2D eigenvalue weighted by molar-refractivity contribution is 0.0738. The number of hydrogen-bond acceptors (Lipinski definition) is 3. The summed E-state index contributed by atoms with van der Waals surface area (Å²) in [6, 6.07) is 4.05. The van der Waals surface area contributed by atoms with Gasteiger partial charge in [0.25, 0.3) is 0 Å². The summed E-state index contributed by atoms with van der Waals surface area (Å²) < 4.78 is 5.77. The molecule has 1 aromatic rings. The van der Waals surface area contributed by atoms with Gasteiger partial charge < -0.3 is 10.1 Å². The van der Waals surface area contributed by atoms with Gasteiger partial charge in [0, 0.05) is 19.9 Å². The summed E-state index contributed by atoms with van der Waals surface area (Å²) in [6.07, 6.45) is 8.74. The molecular formula is C14H22N2O. The first-order valence-electron chi connectivity index (χ1n) is 6.59. The predicted molar refractivity (Wildman–Crippen MR) is 70.0 cm³/mol. The molecule has 1 saturated carbocycles. The summed E-state index contributed by atoms with van der Waals surface area (Å²) in [4.78, 5) is 4.27. The third-order valence-electron chi connectivity index (χ3n) is 3.43. The van der Waals surface area contributed by atoms with Crippen LogP contribution in [0.1, 0.15) is 37.7 Å². The minimum atomic E-state index is 0.688. The molecule has 0 radical (unpaired) electrons. The minimum Gasteiger partial charge on any atom is -0.376 e. The van der Waals surface area contributed by atoms with E-state index in [0.29, 0.717) is 6.61 Å². The molecule has 3 nitrogen and oxygen atoms in total. The molecule has 0 saturated heterocycles. The van der Waals surface area contributed by atoms with E-state index in [1.807, 2.05) is 19.3 Å². The van der Waals surface area contributed by atoms with Crippen LogP contribution < -0.4 is 5.32 Å². The van der Waals surface area contributed by atoms with Crippen LogP contribution in [-0.4, -0.2) is 18.6 Å². The van der Waals surface area contributed by atoms with Crippen LogP contribution in [0, 0.1) is 5.92 Å². The van der Waals surface area contributed by atoms with Gasteiger partial charge in [-0.05, 0) is 30.4 Å². The molecule has 1 N–H and O–H groups in total. The van der Waals surface area contributed by atoms with Crippen molar-refractivity contribution in [3.63, 3.8) is 0 Å². The van der Waals surface area contributed by atoms with Crippen molar-refractivity contribution in [1.82, 2.24) is 4.98 Å². The zero-order valence-electron chi connectivity index (χ0n) is 10.6. The maximum atomic E-state index is 5.77. The van der Waals surface area contributed by atoms with Gasteiger partial charge in [-0.1, -0.05) is 25.3 Å². The van der Waals surface area contributed by atoms with Crippen molar-refractivity contribution < 1.29 is 4.74 Å². The third kappa shape index (κ3) is 4.00. The highest BCUT2D eigenvalue weighted by Crippen LogP contribution is 2.23. The lowest BCUT2D eigenvalue weighted by Gasteiger charge is -2.21. The molecule has 2 rings (SSSR count). The highest BCUT2D eigenvalue weighted by Gasteiger charge is 2.13. The molecule has 1 aliphatic rings. The van der Waals surface area contributed by atoms with Crippen LogP contribution in [0.2, 0.25) is 0 Å². The van der Waals surface area contributed by atoms with E-state index in [-0.39, 0.29) is 0 Å². The molecule has 0 unspecified atom stereocenters. The van der Waals surface area contributed by atoms with E-state index < -0.39 is 0 Å². The molecule has 1 fully saturated rings. The Morgan fingerprint density at radius 1 is 1.29 bits per heavy atom. The molecular weight excluding hydrogens is 212 g/mol. The van der Waals surface area contributed by atoms with Crippen LogP contribution in [0.5, 0.6) is 0 Å². The largest absolute Gasteiger partial charge is 0.376 e. The fourth-order valence-corrected chi connectivity index (χ4v) is 2.36. The van der Waals surface area contributed by atoms with Crippen LogP contribution in [0.4, 0.5) is 5.82 Å². The Balaban J connectivity index is 1.69. The summed E-state index contributed by atoms with van der Waals surface area (Å²) in [5.74, 6) is 1.69. The average Bonchev–Trinajstić information content (AvgIpc) is 2.41. The number of hydrogen-bond donors (Lipinski definition) is 1. The molecule has 0 atom stereocenters. The van der Waals surface area contributed by atoms with Gasteiger partial charge in [-0.15, -0.1) is 0 Å². The van der Waals surface area contributed by atoms with Gasteiger partial charge in [0.05, 0.1) is 6.61 Å². The molecule has 1 heterocycles. The Kier molecular flexibility index (Phi) is 4.80. The lowest BCUT2D eigenvalue weighted by Crippen LogP contribution is -2.13. The number of rotatable bonds is 5. The Bertz CT molecular complexity index is 317. The predicted octanol–water partition coefficient (Wildman–Crippen LogP) is 3.22. The van der Waals surface area contributed by atoms with Gasteiger partial charge in [-0.3, -0.25) is 0 Å². The van der Waals surface area contributed by atoms with E-state index in [1.54, 1.807) is 0 Å². The van der Waals surface area contributed by atoms with Crippen molar-refractivity contribution >= 4 is 5.82 Å². The van der Waals surface area contributed by atoms with Gasteiger partial charge in [-0.25, -0.2) is 4.98 Å². The summed E-state index contributed by atoms with van der Waals surface area (Å²) in [5.41, 5.74) is 1.15. The third-order valence-corrected chi connectivity index (χ3v) is 3.43. The smallest absolute Gasteiger partial charge is 0.125 e. The fraction of sp³-hybridized carbons (Fsp3) is 0.643. The summed E-state index contributed by atoms with van der Waals surface area (Å²) in [7, 11) is 1.88. The fourth-order valence-electron chi connectivity index (χ4n) is 2.36. The van der Waals surface area contributed by atoms with E-state index in [4.69, 9.17) is 4.74 Å². The van der Waals surface area contributed by atoms with E-state index in [1.165, 1.54) is 32.1 Å². The molecule has 3 heteroatoms. The first-order valence-corrected chi connectivity index (χ1v) is 6.59. The molecule has 0 spiro atoms. The van der Waals surface area contributed by atoms with E-state index in [9.17, 15) is 0 Å². The van der Waals surface area contributed by atoms with Crippen LogP contribution >= 0.6 is 0 Å². The van der Waals surface area contributed by atoms with Crippen molar-refractivity contribution in [2.45, 2.75) is 38.7 Å². The van der Waals surface area contributed by atoms with Crippen LogP contribution in [0.3, 0.4) is 0 Å². The van der Waals surface area contributed by atoms with Crippen molar-refractivity contribution in [3.05, 3.63) is 23.9 Å². The normalized spacial score (nSPS) is 17.0. The van der Waals surface area contributed by atoms with Gasteiger partial charge >= 0.3 is 0 Å². The van der Waals surface area contributed by atoms with Crippen molar-refractivity contribution in [2.24, 2.45) is 5.92 Å². The number of nitrogens with one attached hydrogen (secondary N) is 1. The molecule has 0 aliphatic heterocycles. The topological polar surface area (TPSA) is 34.1 Å². The standard InChI is InChI=1S/C14H22N2O/c1-15-14-8-7-13(9-16-14)11-17-10-12-5-3-2-4-6-12/h7-9,12H,2-6,10-11H2,1H3,(H,15,16). The molecule has 0 amide bonds. The van der Waals surface area contributed by atoms with Gasteiger partial charge in [0.15, 0.2) is 0 Å². The zero-order valence-corrected chi connectivity index (χ0v) is 10.6. The quantitative estimate of drug-likeness (QED) is 0.849. The highest BCUT2D eigenvalue weighted by molar-refractivity contribution is 5.34. The number of anilines is 1. The number of ether oxygens (including phenoxy) is 1. The molecule has 94 valence electrons. The van der Waals surface area contributed by atoms with Crippen molar-refractivity contribution in [2.75, 3.05) is 19.0 Å². The second-order valence-electron chi connectivity index (χ2n) is 4.82. The number of pyridine rings is 1. The van der Waals surface area contributed by atoms with Crippen LogP contribution in [0.15, 0.2) is 18.3 Å². The minimum absolute atomic E-state index is 0.688. The highest BCUT2D eigenvalue weighted by atomic mass is 16.5. The molecule has 1 aromatic heterocycles. The van der Waals surface area contributed by atoms with E-state index in [0.717, 1.165) is 23.9 Å². The molecule has 1 aliphatic carbocycles. The van der Waals surface area contributed by atoms with Gasteiger partial charge in [-0.2, -0.15) is 0 Å². The lowest BCUT2D eigenvalue weighted by atomic mass is 9.90. The van der Waals surface area contributed by atoms with Gasteiger partial charge in [0.2, 0.25) is 0 Å².